The fourth-order valence-electron chi connectivity index (χ4n) is 3.62. The number of nitrogens with zero attached hydrogens (tertiary/aromatic N) is 3. The predicted molar refractivity (Wildman–Crippen MR) is 113 cm³/mol. The number of carbonyl (C=O) groups is 2. The maximum absolute atomic E-state index is 12.7. The molecule has 0 saturated heterocycles. The van der Waals surface area contributed by atoms with Crippen LogP contribution in [-0.4, -0.2) is 33.2 Å². The van der Waals surface area contributed by atoms with Crippen LogP contribution < -0.4 is 0 Å². The van der Waals surface area contributed by atoms with E-state index in [1.165, 1.54) is 16.2 Å². The highest BCUT2D eigenvalue weighted by molar-refractivity contribution is 7.13. The van der Waals surface area contributed by atoms with E-state index in [4.69, 9.17) is 16.6 Å². The Balaban J connectivity index is 1.52. The quantitative estimate of drug-likeness (QED) is 0.443. The third kappa shape index (κ3) is 3.01. The Hall–Kier alpha value is -3.09. The molecule has 2 aromatic heterocycles. The number of thiazole rings is 1. The van der Waals surface area contributed by atoms with Gasteiger partial charge in [-0.2, -0.15) is 0 Å². The van der Waals surface area contributed by atoms with Crippen molar-refractivity contribution < 1.29 is 9.59 Å². The molecule has 7 heteroatoms. The number of hydrogen-bond acceptors (Lipinski definition) is 5. The molecule has 1 aliphatic heterocycles. The van der Waals surface area contributed by atoms with Gasteiger partial charge < -0.3 is 0 Å². The van der Waals surface area contributed by atoms with Crippen molar-refractivity contribution in [1.82, 2.24) is 14.9 Å². The average molecular weight is 420 g/mol. The molecule has 0 spiro atoms. The summed E-state index contributed by atoms with van der Waals surface area (Å²) in [5.41, 5.74) is 5.13. The van der Waals surface area contributed by atoms with Crippen molar-refractivity contribution in [3.05, 3.63) is 82.0 Å². The largest absolute Gasteiger partial charge is 0.274 e. The number of pyridine rings is 1. The Labute approximate surface area is 175 Å². The zero-order valence-corrected chi connectivity index (χ0v) is 16.7. The summed E-state index contributed by atoms with van der Waals surface area (Å²) in [5, 5.41) is 1.50. The first kappa shape index (κ1) is 18.0. The molecule has 5 nitrogen and oxygen atoms in total. The molecule has 142 valence electrons. The molecule has 29 heavy (non-hydrogen) atoms. The van der Waals surface area contributed by atoms with Crippen molar-refractivity contribution in [3.8, 4) is 10.6 Å². The highest BCUT2D eigenvalue weighted by Gasteiger charge is 2.34. The highest BCUT2D eigenvalue weighted by atomic mass is 35.5. The van der Waals surface area contributed by atoms with E-state index < -0.39 is 0 Å². The molecule has 2 aromatic carbocycles. The number of halogens is 1. The van der Waals surface area contributed by atoms with Crippen molar-refractivity contribution in [2.24, 2.45) is 0 Å². The zero-order valence-electron chi connectivity index (χ0n) is 15.1. The molecular formula is C22H14ClN3O2S. The molecule has 4 aromatic rings. The van der Waals surface area contributed by atoms with Crippen LogP contribution in [0.5, 0.6) is 0 Å². The van der Waals surface area contributed by atoms with Crippen molar-refractivity contribution in [1.29, 1.82) is 0 Å². The third-order valence-electron chi connectivity index (χ3n) is 5.02. The summed E-state index contributed by atoms with van der Waals surface area (Å²) in [6.07, 6.45) is 2.26. The van der Waals surface area contributed by atoms with Gasteiger partial charge in [-0.1, -0.05) is 35.9 Å². The molecule has 1 aliphatic rings. The number of rotatable bonds is 4. The number of para-hydroxylation sites is 1. The Bertz CT molecular complexity index is 1240. The second-order valence-electron chi connectivity index (χ2n) is 6.73. The molecule has 0 atom stereocenters. The van der Waals surface area contributed by atoms with Gasteiger partial charge in [-0.15, -0.1) is 11.3 Å². The van der Waals surface area contributed by atoms with Gasteiger partial charge in [0.25, 0.3) is 11.8 Å². The van der Waals surface area contributed by atoms with E-state index >= 15 is 0 Å². The van der Waals surface area contributed by atoms with Crippen molar-refractivity contribution >= 4 is 45.7 Å². The van der Waals surface area contributed by atoms with E-state index in [0.29, 0.717) is 22.6 Å². The van der Waals surface area contributed by atoms with Gasteiger partial charge in [-0.3, -0.25) is 19.5 Å². The predicted octanol–water partition coefficient (Wildman–Crippen LogP) is 4.85. The van der Waals surface area contributed by atoms with E-state index in [-0.39, 0.29) is 18.4 Å². The lowest BCUT2D eigenvalue weighted by atomic mass is 10.0. The Morgan fingerprint density at radius 1 is 1.00 bits per heavy atom. The van der Waals surface area contributed by atoms with Gasteiger partial charge in [0.05, 0.1) is 37.7 Å². The van der Waals surface area contributed by atoms with Crippen LogP contribution in [0.4, 0.5) is 0 Å². The Morgan fingerprint density at radius 3 is 2.45 bits per heavy atom. The minimum absolute atomic E-state index is 0.248. The standard InChI is InChI=1S/C22H14ClN3O2S/c23-17-7-3-4-13-10-14(20(25-19(13)17)18-11-24-12-29-18)8-9-26-21(27)15-5-1-2-6-16(15)22(26)28/h1-7,10-12H,8-9H2. The SMILES string of the molecule is O=C1c2ccccc2C(=O)N1CCc1cc2cccc(Cl)c2nc1-c1cncs1. The zero-order chi connectivity index (χ0) is 20.0. The van der Waals surface area contributed by atoms with E-state index in [1.807, 2.05) is 24.3 Å². The first-order chi connectivity index (χ1) is 14.1. The summed E-state index contributed by atoms with van der Waals surface area (Å²) in [4.78, 5) is 36.5. The number of amides is 2. The maximum Gasteiger partial charge on any atom is 0.261 e. The summed E-state index contributed by atoms with van der Waals surface area (Å²) in [7, 11) is 0. The van der Waals surface area contributed by atoms with Crippen LogP contribution in [-0.2, 0) is 6.42 Å². The second-order valence-corrected chi connectivity index (χ2v) is 8.02. The van der Waals surface area contributed by atoms with Crippen molar-refractivity contribution in [2.75, 3.05) is 6.54 Å². The van der Waals surface area contributed by atoms with Gasteiger partial charge in [0.2, 0.25) is 0 Å². The molecule has 0 radical (unpaired) electrons. The van der Waals surface area contributed by atoms with E-state index in [1.54, 1.807) is 36.0 Å². The van der Waals surface area contributed by atoms with Crippen LogP contribution in [0, 0.1) is 0 Å². The minimum Gasteiger partial charge on any atom is -0.274 e. The molecule has 5 rings (SSSR count). The van der Waals surface area contributed by atoms with Crippen LogP contribution >= 0.6 is 22.9 Å². The molecule has 3 heterocycles. The summed E-state index contributed by atoms with van der Waals surface area (Å²) in [6.45, 7) is 0.284. The molecule has 0 N–H and O–H groups in total. The highest BCUT2D eigenvalue weighted by Crippen LogP contribution is 2.32. The van der Waals surface area contributed by atoms with E-state index in [9.17, 15) is 9.59 Å². The molecule has 0 aliphatic carbocycles. The number of hydrogen-bond donors (Lipinski definition) is 0. The van der Waals surface area contributed by atoms with Crippen LogP contribution in [0.1, 0.15) is 26.3 Å². The fraction of sp³-hybridized carbons (Fsp3) is 0.0909. The maximum atomic E-state index is 12.7. The van der Waals surface area contributed by atoms with Gasteiger partial charge in [0.15, 0.2) is 0 Å². The van der Waals surface area contributed by atoms with Gasteiger partial charge in [-0.05, 0) is 36.2 Å². The van der Waals surface area contributed by atoms with Crippen LogP contribution in [0.3, 0.4) is 0 Å². The summed E-state index contributed by atoms with van der Waals surface area (Å²) < 4.78 is 0. The van der Waals surface area contributed by atoms with E-state index in [2.05, 4.69) is 4.98 Å². The molecule has 0 saturated carbocycles. The number of fused-ring (bicyclic) bond motifs is 2. The van der Waals surface area contributed by atoms with Crippen molar-refractivity contribution in [3.63, 3.8) is 0 Å². The first-order valence-corrected chi connectivity index (χ1v) is 10.3. The molecule has 0 bridgehead atoms. The fourth-order valence-corrected chi connectivity index (χ4v) is 4.49. The molecule has 2 amide bonds. The van der Waals surface area contributed by atoms with E-state index in [0.717, 1.165) is 27.0 Å². The smallest absolute Gasteiger partial charge is 0.261 e. The molecule has 0 fully saturated rings. The van der Waals surface area contributed by atoms with Gasteiger partial charge in [0.1, 0.15) is 0 Å². The first-order valence-electron chi connectivity index (χ1n) is 9.06. The second kappa shape index (κ2) is 7.06. The van der Waals surface area contributed by atoms with Crippen LogP contribution in [0.25, 0.3) is 21.5 Å². The molecule has 0 unspecified atom stereocenters. The summed E-state index contributed by atoms with van der Waals surface area (Å²) >= 11 is 7.83. The number of benzene rings is 2. The van der Waals surface area contributed by atoms with Crippen molar-refractivity contribution in [2.45, 2.75) is 6.42 Å². The van der Waals surface area contributed by atoms with Gasteiger partial charge >= 0.3 is 0 Å². The monoisotopic (exact) mass is 419 g/mol. The van der Waals surface area contributed by atoms with Gasteiger partial charge in [0, 0.05) is 18.1 Å². The summed E-state index contributed by atoms with van der Waals surface area (Å²) in [5.74, 6) is -0.497. The average Bonchev–Trinajstić information content (AvgIpc) is 3.35. The number of aromatic nitrogens is 2. The Kier molecular flexibility index (Phi) is 4.38. The van der Waals surface area contributed by atoms with Crippen LogP contribution in [0.2, 0.25) is 5.02 Å². The number of carbonyl (C=O) groups excluding carboxylic acids is 2. The lowest BCUT2D eigenvalue weighted by Gasteiger charge is -2.16. The number of imide groups is 1. The summed E-state index contributed by atoms with van der Waals surface area (Å²) in [6, 6.07) is 14.6. The molecular weight excluding hydrogens is 406 g/mol. The van der Waals surface area contributed by atoms with Gasteiger partial charge in [-0.25, -0.2) is 4.98 Å². The van der Waals surface area contributed by atoms with Crippen LogP contribution in [0.15, 0.2) is 60.2 Å². The lowest BCUT2D eigenvalue weighted by molar-refractivity contribution is 0.0656. The normalized spacial score (nSPS) is 13.3. The third-order valence-corrected chi connectivity index (χ3v) is 6.11. The Morgan fingerprint density at radius 2 is 1.76 bits per heavy atom. The minimum atomic E-state index is -0.248. The lowest BCUT2D eigenvalue weighted by Crippen LogP contribution is -2.31. The topological polar surface area (TPSA) is 63.2 Å².